The molecular weight excluding hydrogens is 278 g/mol. The topological polar surface area (TPSA) is 64.3 Å². The Balaban J connectivity index is 1.87. The van der Waals surface area contributed by atoms with Crippen LogP contribution < -0.4 is 15.8 Å². The van der Waals surface area contributed by atoms with E-state index in [1.54, 1.807) is 24.3 Å². The average molecular weight is 290 g/mol. The molecule has 3 rings (SSSR count). The van der Waals surface area contributed by atoms with Gasteiger partial charge in [-0.15, -0.1) is 0 Å². The van der Waals surface area contributed by atoms with E-state index in [1.807, 2.05) is 0 Å². The van der Waals surface area contributed by atoms with Gasteiger partial charge in [0.25, 0.3) is 0 Å². The smallest absolute Gasteiger partial charge is 0.235 e. The Morgan fingerprint density at radius 1 is 1.24 bits per heavy atom. The van der Waals surface area contributed by atoms with Crippen LogP contribution in [0, 0.1) is 11.6 Å². The zero-order chi connectivity index (χ0) is 15.0. The van der Waals surface area contributed by atoms with E-state index in [0.717, 1.165) is 6.07 Å². The number of ether oxygens (including phenoxy) is 1. The van der Waals surface area contributed by atoms with Crippen LogP contribution in [0.3, 0.4) is 0 Å². The molecule has 0 aliphatic carbocycles. The summed E-state index contributed by atoms with van der Waals surface area (Å²) >= 11 is 0. The molecule has 1 amide bonds. The van der Waals surface area contributed by atoms with Gasteiger partial charge in [-0.05, 0) is 18.2 Å². The molecule has 6 heteroatoms. The minimum atomic E-state index is -1.17. The minimum Gasteiger partial charge on any atom is -0.492 e. The van der Waals surface area contributed by atoms with Crippen LogP contribution in [-0.2, 0) is 4.79 Å². The number of anilines is 2. The number of carbonyl (C=O) groups excluding carboxylic acids is 1. The normalized spacial score (nSPS) is 16.2. The highest BCUT2D eigenvalue weighted by Gasteiger charge is 2.31. The molecule has 1 aliphatic heterocycles. The van der Waals surface area contributed by atoms with E-state index in [1.165, 1.54) is 6.07 Å². The Morgan fingerprint density at radius 2 is 2.00 bits per heavy atom. The fourth-order valence-corrected chi connectivity index (χ4v) is 2.28. The first-order chi connectivity index (χ1) is 10.1. The van der Waals surface area contributed by atoms with Crippen molar-refractivity contribution in [3.63, 3.8) is 0 Å². The van der Waals surface area contributed by atoms with Gasteiger partial charge in [-0.3, -0.25) is 4.79 Å². The van der Waals surface area contributed by atoms with Gasteiger partial charge in [0.2, 0.25) is 5.91 Å². The Hall–Kier alpha value is -2.63. The third-order valence-electron chi connectivity index (χ3n) is 3.39. The molecular formula is C15H12F2N2O2. The number of benzene rings is 2. The number of para-hydroxylation sites is 1. The van der Waals surface area contributed by atoms with Gasteiger partial charge in [0.15, 0.2) is 11.6 Å². The predicted molar refractivity (Wildman–Crippen MR) is 74.1 cm³/mol. The SMILES string of the molecule is Nc1ccc(F)c(F)c1NC(=O)C1COc2ccccc21. The largest absolute Gasteiger partial charge is 0.492 e. The van der Waals surface area contributed by atoms with Crippen LogP contribution in [0.5, 0.6) is 5.75 Å². The summed E-state index contributed by atoms with van der Waals surface area (Å²) in [7, 11) is 0. The number of carbonyl (C=O) groups is 1. The molecule has 1 heterocycles. The summed E-state index contributed by atoms with van der Waals surface area (Å²) in [4.78, 5) is 12.3. The van der Waals surface area contributed by atoms with Crippen molar-refractivity contribution in [1.82, 2.24) is 0 Å². The van der Waals surface area contributed by atoms with Gasteiger partial charge in [-0.25, -0.2) is 8.78 Å². The molecule has 108 valence electrons. The quantitative estimate of drug-likeness (QED) is 0.836. The lowest BCUT2D eigenvalue weighted by molar-refractivity contribution is -0.117. The number of fused-ring (bicyclic) bond motifs is 1. The van der Waals surface area contributed by atoms with E-state index in [0.29, 0.717) is 11.3 Å². The van der Waals surface area contributed by atoms with Crippen molar-refractivity contribution < 1.29 is 18.3 Å². The number of nitrogen functional groups attached to an aromatic ring is 1. The van der Waals surface area contributed by atoms with Crippen LogP contribution in [-0.4, -0.2) is 12.5 Å². The van der Waals surface area contributed by atoms with Crippen LogP contribution >= 0.6 is 0 Å². The lowest BCUT2D eigenvalue weighted by Crippen LogP contribution is -2.23. The molecule has 2 aromatic rings. The number of halogens is 2. The lowest BCUT2D eigenvalue weighted by Gasteiger charge is -2.13. The summed E-state index contributed by atoms with van der Waals surface area (Å²) in [5, 5.41) is 2.34. The van der Waals surface area contributed by atoms with Crippen molar-refractivity contribution in [2.75, 3.05) is 17.7 Å². The standard InChI is InChI=1S/C15H12F2N2O2/c16-10-5-6-11(18)14(13(10)17)19-15(20)9-7-21-12-4-2-1-3-8(9)12/h1-6,9H,7,18H2,(H,19,20). The van der Waals surface area contributed by atoms with E-state index in [2.05, 4.69) is 5.32 Å². The van der Waals surface area contributed by atoms with Gasteiger partial charge < -0.3 is 15.8 Å². The predicted octanol–water partition coefficient (Wildman–Crippen LogP) is 2.66. The zero-order valence-corrected chi connectivity index (χ0v) is 10.9. The molecule has 1 unspecified atom stereocenters. The second kappa shape index (κ2) is 5.05. The number of amides is 1. The third-order valence-corrected chi connectivity index (χ3v) is 3.39. The van der Waals surface area contributed by atoms with Gasteiger partial charge in [0.05, 0.1) is 5.69 Å². The molecule has 0 radical (unpaired) electrons. The summed E-state index contributed by atoms with van der Waals surface area (Å²) in [5.74, 6) is -2.69. The fourth-order valence-electron chi connectivity index (χ4n) is 2.28. The maximum absolute atomic E-state index is 13.7. The van der Waals surface area contributed by atoms with Gasteiger partial charge in [-0.2, -0.15) is 0 Å². The average Bonchev–Trinajstić information content (AvgIpc) is 2.91. The third kappa shape index (κ3) is 2.29. The number of hydrogen-bond donors (Lipinski definition) is 2. The van der Waals surface area contributed by atoms with Crippen molar-refractivity contribution in [3.8, 4) is 5.75 Å². The number of nitrogens with one attached hydrogen (secondary N) is 1. The van der Waals surface area contributed by atoms with Crippen molar-refractivity contribution in [1.29, 1.82) is 0 Å². The van der Waals surface area contributed by atoms with Gasteiger partial charge in [0, 0.05) is 5.56 Å². The van der Waals surface area contributed by atoms with Gasteiger partial charge in [-0.1, -0.05) is 18.2 Å². The molecule has 0 spiro atoms. The molecule has 0 fully saturated rings. The molecule has 1 aliphatic rings. The van der Waals surface area contributed by atoms with E-state index in [4.69, 9.17) is 10.5 Å². The van der Waals surface area contributed by atoms with Crippen molar-refractivity contribution in [3.05, 3.63) is 53.6 Å². The monoisotopic (exact) mass is 290 g/mol. The van der Waals surface area contributed by atoms with Crippen LogP contribution in [0.1, 0.15) is 11.5 Å². The molecule has 2 aromatic carbocycles. The number of nitrogens with two attached hydrogens (primary N) is 1. The van der Waals surface area contributed by atoms with Crippen molar-refractivity contribution in [2.45, 2.75) is 5.92 Å². The maximum atomic E-state index is 13.7. The molecule has 21 heavy (non-hydrogen) atoms. The summed E-state index contributed by atoms with van der Waals surface area (Å²) in [6, 6.07) is 9.20. The number of hydrogen-bond acceptors (Lipinski definition) is 3. The zero-order valence-electron chi connectivity index (χ0n) is 10.9. The van der Waals surface area contributed by atoms with E-state index >= 15 is 0 Å². The van der Waals surface area contributed by atoms with Crippen LogP contribution in [0.15, 0.2) is 36.4 Å². The first kappa shape index (κ1) is 13.4. The first-order valence-corrected chi connectivity index (χ1v) is 6.34. The van der Waals surface area contributed by atoms with Crippen LogP contribution in [0.4, 0.5) is 20.2 Å². The second-order valence-corrected chi connectivity index (χ2v) is 4.72. The van der Waals surface area contributed by atoms with E-state index < -0.39 is 23.5 Å². The van der Waals surface area contributed by atoms with Crippen molar-refractivity contribution >= 4 is 17.3 Å². The fraction of sp³-hybridized carbons (Fsp3) is 0.133. The molecule has 4 nitrogen and oxygen atoms in total. The molecule has 3 N–H and O–H groups in total. The highest BCUT2D eigenvalue weighted by Crippen LogP contribution is 2.35. The molecule has 0 saturated heterocycles. The number of rotatable bonds is 2. The summed E-state index contributed by atoms with van der Waals surface area (Å²) < 4.78 is 32.3. The Morgan fingerprint density at radius 3 is 2.81 bits per heavy atom. The van der Waals surface area contributed by atoms with E-state index in [9.17, 15) is 13.6 Å². The lowest BCUT2D eigenvalue weighted by atomic mass is 10.0. The summed E-state index contributed by atoms with van der Waals surface area (Å²) in [6.07, 6.45) is 0. The van der Waals surface area contributed by atoms with Gasteiger partial charge >= 0.3 is 0 Å². The Kier molecular flexibility index (Phi) is 3.21. The molecule has 0 saturated carbocycles. The van der Waals surface area contributed by atoms with Crippen molar-refractivity contribution in [2.24, 2.45) is 0 Å². The highest BCUT2D eigenvalue weighted by molar-refractivity contribution is 5.99. The Labute approximate surface area is 119 Å². The maximum Gasteiger partial charge on any atom is 0.235 e. The second-order valence-electron chi connectivity index (χ2n) is 4.72. The van der Waals surface area contributed by atoms with Crippen LogP contribution in [0.2, 0.25) is 0 Å². The summed E-state index contributed by atoms with van der Waals surface area (Å²) in [6.45, 7) is 0.155. The minimum absolute atomic E-state index is 0.0329. The first-order valence-electron chi connectivity index (χ1n) is 6.34. The van der Waals surface area contributed by atoms with E-state index in [-0.39, 0.29) is 18.0 Å². The molecule has 1 atom stereocenters. The van der Waals surface area contributed by atoms with Gasteiger partial charge in [0.1, 0.15) is 24.0 Å². The molecule has 0 bridgehead atoms. The Bertz CT molecular complexity index is 719. The molecule has 0 aromatic heterocycles. The highest BCUT2D eigenvalue weighted by atomic mass is 19.2. The van der Waals surface area contributed by atoms with Crippen LogP contribution in [0.25, 0.3) is 0 Å². The summed E-state index contributed by atoms with van der Waals surface area (Å²) in [5.41, 5.74) is 5.92.